The molecule has 0 aliphatic heterocycles. The first-order valence-corrected chi connectivity index (χ1v) is 3.59. The number of rotatable bonds is 2. The van der Waals surface area contributed by atoms with E-state index in [1.54, 1.807) is 0 Å². The highest BCUT2D eigenvalue weighted by molar-refractivity contribution is 5.95. The minimum atomic E-state index is -1.12. The van der Waals surface area contributed by atoms with Crippen molar-refractivity contribution < 1.29 is 14.1 Å². The summed E-state index contributed by atoms with van der Waals surface area (Å²) in [7, 11) is 0. The number of benzene rings is 1. The van der Waals surface area contributed by atoms with Gasteiger partial charge in [-0.1, -0.05) is 0 Å². The van der Waals surface area contributed by atoms with Crippen molar-refractivity contribution in [2.24, 2.45) is 5.11 Å². The van der Waals surface area contributed by atoms with Crippen LogP contribution in [0.3, 0.4) is 0 Å². The van der Waals surface area contributed by atoms with Crippen LogP contribution in [0, 0.1) is 15.9 Å². The lowest BCUT2D eigenvalue weighted by Crippen LogP contribution is -1.99. The van der Waals surface area contributed by atoms with Crippen molar-refractivity contribution >= 4 is 11.6 Å². The van der Waals surface area contributed by atoms with Crippen LogP contribution in [0.15, 0.2) is 23.3 Å². The number of amides is 1. The van der Waals surface area contributed by atoms with Gasteiger partial charge in [0, 0.05) is 11.0 Å². The van der Waals surface area contributed by atoms with E-state index in [2.05, 4.69) is 10.0 Å². The van der Waals surface area contributed by atoms with Crippen molar-refractivity contribution in [3.05, 3.63) is 50.1 Å². The summed E-state index contributed by atoms with van der Waals surface area (Å²) in [5.41, 5.74) is 6.96. The number of non-ortho nitro benzene ring substituents is 1. The largest absolute Gasteiger partial charge is 0.287 e. The van der Waals surface area contributed by atoms with Crippen LogP contribution in [0.2, 0.25) is 0 Å². The van der Waals surface area contributed by atoms with Crippen LogP contribution < -0.4 is 0 Å². The first-order chi connectivity index (χ1) is 7.06. The summed E-state index contributed by atoms with van der Waals surface area (Å²) in [5, 5.41) is 12.9. The second-order valence-corrected chi connectivity index (χ2v) is 2.42. The average molecular weight is 210 g/mol. The molecule has 0 aliphatic rings. The van der Waals surface area contributed by atoms with E-state index < -0.39 is 27.9 Å². The number of nitro groups is 1. The van der Waals surface area contributed by atoms with Gasteiger partial charge in [-0.15, -0.1) is 0 Å². The SMILES string of the molecule is [N-]=[N+]=NC(=O)c1ccc([N+](=O)[O-])cc1F. The molecule has 0 heterocycles. The first kappa shape index (κ1) is 10.6. The van der Waals surface area contributed by atoms with E-state index >= 15 is 0 Å². The molecule has 8 heteroatoms. The van der Waals surface area contributed by atoms with Gasteiger partial charge in [0.15, 0.2) is 0 Å². The topological polar surface area (TPSA) is 109 Å². The molecule has 0 spiro atoms. The van der Waals surface area contributed by atoms with E-state index in [9.17, 15) is 19.3 Å². The molecule has 0 saturated heterocycles. The molecule has 0 atom stereocenters. The standard InChI is InChI=1S/C7H3FN4O3/c8-6-3-4(12(14)15)1-2-5(6)7(13)10-11-9/h1-3H. The van der Waals surface area contributed by atoms with Gasteiger partial charge in [0.1, 0.15) is 5.82 Å². The Morgan fingerprint density at radius 1 is 1.60 bits per heavy atom. The van der Waals surface area contributed by atoms with Crippen molar-refractivity contribution in [1.29, 1.82) is 0 Å². The third-order valence-corrected chi connectivity index (χ3v) is 1.53. The fourth-order valence-corrected chi connectivity index (χ4v) is 0.886. The number of nitro benzene ring substituents is 1. The van der Waals surface area contributed by atoms with Crippen molar-refractivity contribution in [2.75, 3.05) is 0 Å². The molecular formula is C7H3FN4O3. The van der Waals surface area contributed by atoms with Crippen LogP contribution in [-0.2, 0) is 0 Å². The van der Waals surface area contributed by atoms with Crippen molar-refractivity contribution in [3.8, 4) is 0 Å². The van der Waals surface area contributed by atoms with Gasteiger partial charge < -0.3 is 0 Å². The minimum absolute atomic E-state index is 0.481. The summed E-state index contributed by atoms with van der Waals surface area (Å²) in [6.45, 7) is 0. The molecule has 0 aliphatic carbocycles. The molecule has 0 N–H and O–H groups in total. The molecule has 76 valence electrons. The smallest absolute Gasteiger partial charge is 0.272 e. The highest BCUT2D eigenvalue weighted by Crippen LogP contribution is 2.17. The predicted molar refractivity (Wildman–Crippen MR) is 46.5 cm³/mol. The van der Waals surface area contributed by atoms with Crippen LogP contribution in [0.1, 0.15) is 10.4 Å². The zero-order valence-electron chi connectivity index (χ0n) is 7.12. The maximum absolute atomic E-state index is 13.1. The molecule has 7 nitrogen and oxygen atoms in total. The molecule has 0 bridgehead atoms. The molecule has 0 aromatic heterocycles. The highest BCUT2D eigenvalue weighted by atomic mass is 19.1. The van der Waals surface area contributed by atoms with Gasteiger partial charge in [-0.25, -0.2) is 4.39 Å². The van der Waals surface area contributed by atoms with Crippen LogP contribution >= 0.6 is 0 Å². The molecule has 1 rings (SSSR count). The number of carbonyl (C=O) groups excluding carboxylic acids is 1. The van der Waals surface area contributed by atoms with E-state index in [1.165, 1.54) is 0 Å². The van der Waals surface area contributed by atoms with Gasteiger partial charge in [0.2, 0.25) is 0 Å². The zero-order valence-corrected chi connectivity index (χ0v) is 7.12. The fourth-order valence-electron chi connectivity index (χ4n) is 0.886. The quantitative estimate of drug-likeness (QED) is 0.245. The van der Waals surface area contributed by atoms with Gasteiger partial charge in [0.05, 0.1) is 16.6 Å². The Hall–Kier alpha value is -2.47. The molecule has 15 heavy (non-hydrogen) atoms. The number of hydrogen-bond acceptors (Lipinski definition) is 3. The lowest BCUT2D eigenvalue weighted by Gasteiger charge is -1.96. The van der Waals surface area contributed by atoms with Crippen molar-refractivity contribution in [3.63, 3.8) is 0 Å². The highest BCUT2D eigenvalue weighted by Gasteiger charge is 2.14. The molecule has 0 radical (unpaired) electrons. The van der Waals surface area contributed by atoms with Gasteiger partial charge in [-0.05, 0) is 16.7 Å². The normalized spacial score (nSPS) is 9.13. The third-order valence-electron chi connectivity index (χ3n) is 1.53. The number of nitrogens with zero attached hydrogens (tertiary/aromatic N) is 4. The van der Waals surface area contributed by atoms with Crippen molar-refractivity contribution in [1.82, 2.24) is 0 Å². The Bertz CT molecular complexity index is 481. The molecule has 1 aromatic rings. The Morgan fingerprint density at radius 2 is 2.27 bits per heavy atom. The van der Waals surface area contributed by atoms with E-state index in [0.29, 0.717) is 6.07 Å². The van der Waals surface area contributed by atoms with Crippen LogP contribution in [-0.4, -0.2) is 10.8 Å². The average Bonchev–Trinajstić information content (AvgIpc) is 2.17. The third kappa shape index (κ3) is 2.26. The maximum Gasteiger partial charge on any atom is 0.272 e. The van der Waals surface area contributed by atoms with Crippen molar-refractivity contribution in [2.45, 2.75) is 0 Å². The summed E-state index contributed by atoms with van der Waals surface area (Å²) < 4.78 is 13.1. The Kier molecular flexibility index (Phi) is 2.94. The van der Waals surface area contributed by atoms with Gasteiger partial charge in [0.25, 0.3) is 11.6 Å². The summed E-state index contributed by atoms with van der Waals surface area (Å²) in [6, 6.07) is 2.42. The van der Waals surface area contributed by atoms with Crippen LogP contribution in [0.5, 0.6) is 0 Å². The predicted octanol–water partition coefficient (Wildman–Crippen LogP) is 2.18. The summed E-state index contributed by atoms with van der Waals surface area (Å²) in [6.07, 6.45) is 0. The number of carbonyl (C=O) groups is 1. The van der Waals surface area contributed by atoms with E-state index in [4.69, 9.17) is 5.53 Å². The zero-order chi connectivity index (χ0) is 11.4. The fraction of sp³-hybridized carbons (Fsp3) is 0. The van der Waals surface area contributed by atoms with Gasteiger partial charge in [-0.2, -0.15) is 0 Å². The van der Waals surface area contributed by atoms with Crippen LogP contribution in [0.25, 0.3) is 10.4 Å². The van der Waals surface area contributed by atoms with Gasteiger partial charge in [-0.3, -0.25) is 14.9 Å². The number of hydrogen-bond donors (Lipinski definition) is 0. The minimum Gasteiger partial charge on any atom is -0.287 e. The Balaban J connectivity index is 3.19. The Labute approximate surface area is 81.9 Å². The second kappa shape index (κ2) is 4.16. The Morgan fingerprint density at radius 3 is 2.73 bits per heavy atom. The second-order valence-electron chi connectivity index (χ2n) is 2.42. The molecule has 1 aromatic carbocycles. The molecule has 0 fully saturated rings. The summed E-state index contributed by atoms with van der Waals surface area (Å²) in [5.74, 6) is -2.22. The monoisotopic (exact) mass is 210 g/mol. The maximum atomic E-state index is 13.1. The van der Waals surface area contributed by atoms with Gasteiger partial charge >= 0.3 is 0 Å². The van der Waals surface area contributed by atoms with Crippen LogP contribution in [0.4, 0.5) is 10.1 Å². The lowest BCUT2D eigenvalue weighted by atomic mass is 10.2. The van der Waals surface area contributed by atoms with E-state index in [1.807, 2.05) is 0 Å². The number of azide groups is 1. The number of halogens is 1. The van der Waals surface area contributed by atoms with E-state index in [0.717, 1.165) is 12.1 Å². The summed E-state index contributed by atoms with van der Waals surface area (Å²) in [4.78, 5) is 22.5. The molecule has 0 saturated carbocycles. The molecule has 1 amide bonds. The van der Waals surface area contributed by atoms with E-state index in [-0.39, 0.29) is 0 Å². The molecule has 0 unspecified atom stereocenters. The molecular weight excluding hydrogens is 207 g/mol. The lowest BCUT2D eigenvalue weighted by molar-refractivity contribution is -0.385. The first-order valence-electron chi connectivity index (χ1n) is 3.59. The summed E-state index contributed by atoms with van der Waals surface area (Å²) >= 11 is 0.